The first-order valence-electron chi connectivity index (χ1n) is 10.7. The van der Waals surface area contributed by atoms with Crippen LogP contribution in [-0.2, 0) is 45.0 Å². The van der Waals surface area contributed by atoms with Crippen LogP contribution in [0.2, 0.25) is 0 Å². The van der Waals surface area contributed by atoms with Crippen LogP contribution >= 0.6 is 0 Å². The number of aryl methyl sites for hydroxylation is 2. The molecule has 6 heteroatoms. The first kappa shape index (κ1) is 22.1. The molecule has 166 valence electrons. The third kappa shape index (κ3) is 5.22. The second-order valence-corrected chi connectivity index (χ2v) is 7.93. The minimum Gasteiger partial charge on any atom is -0.387 e. The Bertz CT molecular complexity index is 872. The van der Waals surface area contributed by atoms with Gasteiger partial charge in [0.15, 0.2) is 0 Å². The topological polar surface area (TPSA) is 57.2 Å². The van der Waals surface area contributed by atoms with Gasteiger partial charge in [0.1, 0.15) is 24.4 Å². The lowest BCUT2D eigenvalue weighted by Crippen LogP contribution is -2.59. The number of aliphatic hydroxyl groups is 1. The SMILES string of the molecule is C=CCO[C@H]1C(F)O[C@@H]2COCc3ccccc3CCc3ccccc3CO[C@H]1[C@@H]2O. The predicted molar refractivity (Wildman–Crippen MR) is 114 cm³/mol. The monoisotopic (exact) mass is 428 g/mol. The molecule has 5 atom stereocenters. The zero-order chi connectivity index (χ0) is 21.6. The van der Waals surface area contributed by atoms with Crippen molar-refractivity contribution >= 4 is 0 Å². The summed E-state index contributed by atoms with van der Waals surface area (Å²) in [5.74, 6) is 0. The third-order valence-corrected chi connectivity index (χ3v) is 5.88. The Morgan fingerprint density at radius 3 is 2.26 bits per heavy atom. The number of rotatable bonds is 3. The van der Waals surface area contributed by atoms with Crippen molar-refractivity contribution in [3.8, 4) is 0 Å². The van der Waals surface area contributed by atoms with Crippen LogP contribution in [0.5, 0.6) is 0 Å². The summed E-state index contributed by atoms with van der Waals surface area (Å²) in [6, 6.07) is 16.2. The van der Waals surface area contributed by atoms with Crippen molar-refractivity contribution in [2.75, 3.05) is 13.2 Å². The molecule has 0 radical (unpaired) electrons. The van der Waals surface area contributed by atoms with E-state index in [0.717, 1.165) is 29.5 Å². The minimum absolute atomic E-state index is 0.0561. The second kappa shape index (κ2) is 10.5. The molecule has 1 N–H and O–H groups in total. The van der Waals surface area contributed by atoms with Crippen molar-refractivity contribution in [3.63, 3.8) is 0 Å². The van der Waals surface area contributed by atoms with Crippen LogP contribution in [0, 0.1) is 0 Å². The Labute approximate surface area is 182 Å². The van der Waals surface area contributed by atoms with Gasteiger partial charge in [-0.2, -0.15) is 0 Å². The van der Waals surface area contributed by atoms with Crippen LogP contribution in [0.25, 0.3) is 0 Å². The second-order valence-electron chi connectivity index (χ2n) is 7.93. The van der Waals surface area contributed by atoms with E-state index in [1.165, 1.54) is 11.6 Å². The fourth-order valence-corrected chi connectivity index (χ4v) is 4.19. The van der Waals surface area contributed by atoms with Crippen molar-refractivity contribution in [1.29, 1.82) is 0 Å². The summed E-state index contributed by atoms with van der Waals surface area (Å²) in [7, 11) is 0. The maximum Gasteiger partial charge on any atom is 0.228 e. The molecule has 31 heavy (non-hydrogen) atoms. The summed E-state index contributed by atoms with van der Waals surface area (Å²) >= 11 is 0. The highest BCUT2D eigenvalue weighted by Crippen LogP contribution is 2.29. The van der Waals surface area contributed by atoms with Crippen molar-refractivity contribution in [2.24, 2.45) is 0 Å². The van der Waals surface area contributed by atoms with Gasteiger partial charge in [-0.3, -0.25) is 0 Å². The van der Waals surface area contributed by atoms with E-state index in [9.17, 15) is 9.50 Å². The van der Waals surface area contributed by atoms with Crippen LogP contribution in [0.4, 0.5) is 4.39 Å². The molecule has 0 amide bonds. The molecule has 2 heterocycles. The first-order chi connectivity index (χ1) is 15.2. The number of benzene rings is 2. The number of ether oxygens (including phenoxy) is 4. The summed E-state index contributed by atoms with van der Waals surface area (Å²) in [5, 5.41) is 10.9. The van der Waals surface area contributed by atoms with E-state index in [1.54, 1.807) is 0 Å². The molecule has 2 aliphatic heterocycles. The lowest BCUT2D eigenvalue weighted by molar-refractivity contribution is -0.285. The van der Waals surface area contributed by atoms with E-state index in [4.69, 9.17) is 18.9 Å². The van der Waals surface area contributed by atoms with Crippen LogP contribution in [0.1, 0.15) is 22.3 Å². The number of alkyl halides is 1. The largest absolute Gasteiger partial charge is 0.387 e. The quantitative estimate of drug-likeness (QED) is 0.759. The molecule has 2 bridgehead atoms. The minimum atomic E-state index is -1.74. The summed E-state index contributed by atoms with van der Waals surface area (Å²) in [6.07, 6.45) is -2.37. The summed E-state index contributed by atoms with van der Waals surface area (Å²) in [4.78, 5) is 0. The summed E-state index contributed by atoms with van der Waals surface area (Å²) in [6.45, 7) is 4.41. The fourth-order valence-electron chi connectivity index (χ4n) is 4.19. The first-order valence-corrected chi connectivity index (χ1v) is 10.7. The van der Waals surface area contributed by atoms with Crippen LogP contribution in [0.3, 0.4) is 0 Å². The Morgan fingerprint density at radius 1 is 1.00 bits per heavy atom. The van der Waals surface area contributed by atoms with Gasteiger partial charge in [-0.15, -0.1) is 6.58 Å². The molecule has 0 spiro atoms. The molecule has 0 aromatic heterocycles. The average Bonchev–Trinajstić information content (AvgIpc) is 2.78. The molecule has 5 nitrogen and oxygen atoms in total. The normalized spacial score (nSPS) is 29.3. The van der Waals surface area contributed by atoms with E-state index in [2.05, 4.69) is 18.7 Å². The third-order valence-electron chi connectivity index (χ3n) is 5.88. The van der Waals surface area contributed by atoms with Crippen LogP contribution in [-0.4, -0.2) is 49.1 Å². The molecule has 1 fully saturated rings. The molecule has 2 aliphatic rings. The van der Waals surface area contributed by atoms with Gasteiger partial charge in [-0.25, -0.2) is 4.39 Å². The number of hydrogen-bond donors (Lipinski definition) is 1. The molecule has 1 saturated heterocycles. The zero-order valence-electron chi connectivity index (χ0n) is 17.5. The van der Waals surface area contributed by atoms with E-state index < -0.39 is 30.8 Å². The molecular weight excluding hydrogens is 399 g/mol. The van der Waals surface area contributed by atoms with Crippen molar-refractivity contribution in [3.05, 3.63) is 83.4 Å². The van der Waals surface area contributed by atoms with Crippen molar-refractivity contribution in [2.45, 2.75) is 56.8 Å². The number of halogens is 1. The van der Waals surface area contributed by atoms with Gasteiger partial charge in [0.2, 0.25) is 6.36 Å². The lowest BCUT2D eigenvalue weighted by atomic mass is 9.96. The van der Waals surface area contributed by atoms with Crippen molar-refractivity contribution < 1.29 is 28.4 Å². The molecule has 4 rings (SSSR count). The highest BCUT2D eigenvalue weighted by atomic mass is 19.1. The van der Waals surface area contributed by atoms with Crippen LogP contribution < -0.4 is 0 Å². The van der Waals surface area contributed by atoms with E-state index >= 15 is 0 Å². The predicted octanol–water partition coefficient (Wildman–Crippen LogP) is 3.51. The highest BCUT2D eigenvalue weighted by Gasteiger charge is 2.47. The summed E-state index contributed by atoms with van der Waals surface area (Å²) < 4.78 is 37.7. The zero-order valence-corrected chi connectivity index (χ0v) is 17.5. The molecule has 2 aromatic rings. The van der Waals surface area contributed by atoms with Gasteiger partial charge in [-0.05, 0) is 35.1 Å². The maximum absolute atomic E-state index is 14.8. The summed E-state index contributed by atoms with van der Waals surface area (Å²) in [5.41, 5.74) is 4.47. The highest BCUT2D eigenvalue weighted by molar-refractivity contribution is 5.31. The van der Waals surface area contributed by atoms with E-state index in [1.807, 2.05) is 36.4 Å². The Balaban J connectivity index is 1.63. The van der Waals surface area contributed by atoms with Gasteiger partial charge < -0.3 is 24.1 Å². The van der Waals surface area contributed by atoms with Gasteiger partial charge in [-0.1, -0.05) is 54.6 Å². The van der Waals surface area contributed by atoms with E-state index in [0.29, 0.717) is 6.61 Å². The molecule has 0 saturated carbocycles. The molecule has 1 unspecified atom stereocenters. The number of fused-ring (bicyclic) bond motifs is 4. The smallest absolute Gasteiger partial charge is 0.228 e. The van der Waals surface area contributed by atoms with Gasteiger partial charge in [0.05, 0.1) is 26.4 Å². The van der Waals surface area contributed by atoms with Gasteiger partial charge >= 0.3 is 0 Å². The molecular formula is C25H29FO5. The number of hydrogen-bond acceptors (Lipinski definition) is 5. The van der Waals surface area contributed by atoms with Crippen molar-refractivity contribution in [1.82, 2.24) is 0 Å². The Hall–Kier alpha value is -2.09. The molecule has 0 aliphatic carbocycles. The maximum atomic E-state index is 14.8. The standard InChI is InChI=1S/C25H29FO5/c1-2-13-29-24-23-22(27)21(31-25(24)26)16-28-14-19-9-5-3-7-17(19)11-12-18-8-4-6-10-20(18)15-30-23/h2-10,21-25,27H,1,11-16H2/t21-,22-,23+,24-,25?/m1/s1. The van der Waals surface area contributed by atoms with E-state index in [-0.39, 0.29) is 19.8 Å². The van der Waals surface area contributed by atoms with Gasteiger partial charge in [0.25, 0.3) is 0 Å². The molecule has 2 aromatic carbocycles. The van der Waals surface area contributed by atoms with Crippen LogP contribution in [0.15, 0.2) is 61.2 Å². The average molecular weight is 429 g/mol. The lowest BCUT2D eigenvalue weighted by Gasteiger charge is -2.41. The Morgan fingerprint density at radius 2 is 1.61 bits per heavy atom. The number of aliphatic hydroxyl groups excluding tert-OH is 1. The Kier molecular flexibility index (Phi) is 7.48. The van der Waals surface area contributed by atoms with Gasteiger partial charge in [0, 0.05) is 0 Å². The fraction of sp³-hybridized carbons (Fsp3) is 0.440.